The zero-order valence-electron chi connectivity index (χ0n) is 15.5. The second kappa shape index (κ2) is 8.69. The fourth-order valence-electron chi connectivity index (χ4n) is 3.38. The van der Waals surface area contributed by atoms with Gasteiger partial charge in [-0.05, 0) is 24.3 Å². The molecule has 4 rings (SSSR count). The molecule has 2 aromatic carbocycles. The van der Waals surface area contributed by atoms with Gasteiger partial charge in [0.1, 0.15) is 0 Å². The van der Waals surface area contributed by atoms with Crippen molar-refractivity contribution in [3.05, 3.63) is 65.2 Å². The van der Waals surface area contributed by atoms with Crippen molar-refractivity contribution in [1.29, 1.82) is 0 Å². The van der Waals surface area contributed by atoms with E-state index in [0.29, 0.717) is 17.1 Å². The molecule has 0 unspecified atom stereocenters. The molecule has 2 heterocycles. The van der Waals surface area contributed by atoms with Crippen molar-refractivity contribution in [3.63, 3.8) is 0 Å². The van der Waals surface area contributed by atoms with Crippen LogP contribution in [0.3, 0.4) is 0 Å². The van der Waals surface area contributed by atoms with E-state index in [1.807, 2.05) is 54.6 Å². The lowest BCUT2D eigenvalue weighted by molar-refractivity contribution is 0.0383. The minimum Gasteiger partial charge on any atom is -0.379 e. The summed E-state index contributed by atoms with van der Waals surface area (Å²) >= 11 is 6.00. The fourth-order valence-corrected chi connectivity index (χ4v) is 3.51. The van der Waals surface area contributed by atoms with Crippen LogP contribution in [0.5, 0.6) is 0 Å². The number of carbonyl (C=O) groups is 1. The van der Waals surface area contributed by atoms with Crippen molar-refractivity contribution in [1.82, 2.24) is 15.2 Å². The van der Waals surface area contributed by atoms with Gasteiger partial charge in [-0.2, -0.15) is 0 Å². The lowest BCUT2D eigenvalue weighted by atomic mass is 10.0. The molecule has 28 heavy (non-hydrogen) atoms. The SMILES string of the molecule is O=C(NCCN1CCOCC1)c1cc(-c2ccc(Cl)cc2)nc2ccccc12. The average Bonchev–Trinajstić information content (AvgIpc) is 2.74. The topological polar surface area (TPSA) is 54.5 Å². The van der Waals surface area contributed by atoms with Gasteiger partial charge in [0, 0.05) is 42.2 Å². The van der Waals surface area contributed by atoms with Crippen molar-refractivity contribution in [2.24, 2.45) is 0 Å². The smallest absolute Gasteiger partial charge is 0.252 e. The largest absolute Gasteiger partial charge is 0.379 e. The monoisotopic (exact) mass is 395 g/mol. The highest BCUT2D eigenvalue weighted by Gasteiger charge is 2.15. The van der Waals surface area contributed by atoms with E-state index in [2.05, 4.69) is 10.2 Å². The summed E-state index contributed by atoms with van der Waals surface area (Å²) in [5.74, 6) is -0.0814. The highest BCUT2D eigenvalue weighted by atomic mass is 35.5. The Morgan fingerprint density at radius 1 is 1.11 bits per heavy atom. The van der Waals surface area contributed by atoms with E-state index >= 15 is 0 Å². The summed E-state index contributed by atoms with van der Waals surface area (Å²) in [4.78, 5) is 20.0. The molecule has 1 amide bonds. The van der Waals surface area contributed by atoms with Crippen molar-refractivity contribution in [2.75, 3.05) is 39.4 Å². The summed E-state index contributed by atoms with van der Waals surface area (Å²) in [5.41, 5.74) is 3.12. The molecule has 5 nitrogen and oxygen atoms in total. The van der Waals surface area contributed by atoms with Crippen LogP contribution in [0.1, 0.15) is 10.4 Å². The minimum absolute atomic E-state index is 0.0814. The van der Waals surface area contributed by atoms with E-state index in [1.165, 1.54) is 0 Å². The first-order valence-corrected chi connectivity index (χ1v) is 9.82. The first kappa shape index (κ1) is 18.9. The molecular weight excluding hydrogens is 374 g/mol. The Balaban J connectivity index is 1.57. The summed E-state index contributed by atoms with van der Waals surface area (Å²) in [7, 11) is 0. The van der Waals surface area contributed by atoms with E-state index in [-0.39, 0.29) is 5.91 Å². The van der Waals surface area contributed by atoms with E-state index in [4.69, 9.17) is 21.3 Å². The van der Waals surface area contributed by atoms with Gasteiger partial charge in [0.15, 0.2) is 0 Å². The van der Waals surface area contributed by atoms with E-state index in [1.54, 1.807) is 0 Å². The van der Waals surface area contributed by atoms with Crippen LogP contribution < -0.4 is 5.32 Å². The number of morpholine rings is 1. The Hall–Kier alpha value is -2.47. The predicted octanol–water partition coefficient (Wildman–Crippen LogP) is 3.62. The number of nitrogens with one attached hydrogen (secondary N) is 1. The number of rotatable bonds is 5. The first-order valence-electron chi connectivity index (χ1n) is 9.45. The third-order valence-electron chi connectivity index (χ3n) is 4.92. The summed E-state index contributed by atoms with van der Waals surface area (Å²) in [6.07, 6.45) is 0. The number of hydrogen-bond acceptors (Lipinski definition) is 4. The highest BCUT2D eigenvalue weighted by molar-refractivity contribution is 6.30. The van der Waals surface area contributed by atoms with Gasteiger partial charge in [0.05, 0.1) is 30.0 Å². The third-order valence-corrected chi connectivity index (χ3v) is 5.17. The molecular formula is C22H22ClN3O2. The highest BCUT2D eigenvalue weighted by Crippen LogP contribution is 2.26. The number of halogens is 1. The number of pyridine rings is 1. The molecule has 3 aromatic rings. The molecule has 6 heteroatoms. The maximum absolute atomic E-state index is 12.9. The number of para-hydroxylation sites is 1. The van der Waals surface area contributed by atoms with Crippen LogP contribution in [-0.2, 0) is 4.74 Å². The lowest BCUT2D eigenvalue weighted by Crippen LogP contribution is -2.41. The Kier molecular flexibility index (Phi) is 5.86. The molecule has 0 radical (unpaired) electrons. The van der Waals surface area contributed by atoms with Crippen LogP contribution in [0, 0.1) is 0 Å². The number of benzene rings is 2. The Bertz CT molecular complexity index is 969. The van der Waals surface area contributed by atoms with Crippen molar-refractivity contribution < 1.29 is 9.53 Å². The fraction of sp³-hybridized carbons (Fsp3) is 0.273. The summed E-state index contributed by atoms with van der Waals surface area (Å²) in [5, 5.41) is 4.58. The van der Waals surface area contributed by atoms with Gasteiger partial charge in [0.2, 0.25) is 0 Å². The van der Waals surface area contributed by atoms with Crippen LogP contribution in [0.2, 0.25) is 5.02 Å². The van der Waals surface area contributed by atoms with Crippen LogP contribution in [0.25, 0.3) is 22.2 Å². The van der Waals surface area contributed by atoms with Crippen LogP contribution in [0.4, 0.5) is 0 Å². The maximum atomic E-state index is 12.9. The Morgan fingerprint density at radius 3 is 2.64 bits per heavy atom. The quantitative estimate of drug-likeness (QED) is 0.717. The second-order valence-corrected chi connectivity index (χ2v) is 7.23. The third kappa shape index (κ3) is 4.33. The van der Waals surface area contributed by atoms with Gasteiger partial charge in [-0.1, -0.05) is 41.9 Å². The number of carbonyl (C=O) groups excluding carboxylic acids is 1. The van der Waals surface area contributed by atoms with Crippen LogP contribution >= 0.6 is 11.6 Å². The maximum Gasteiger partial charge on any atom is 0.252 e. The van der Waals surface area contributed by atoms with Crippen molar-refractivity contribution >= 4 is 28.4 Å². The first-order chi connectivity index (χ1) is 13.7. The number of hydrogen-bond donors (Lipinski definition) is 1. The summed E-state index contributed by atoms with van der Waals surface area (Å²) < 4.78 is 5.36. The summed E-state index contributed by atoms with van der Waals surface area (Å²) in [6, 6.07) is 17.1. The molecule has 1 fully saturated rings. The van der Waals surface area contributed by atoms with E-state index in [9.17, 15) is 4.79 Å². The Morgan fingerprint density at radius 2 is 1.86 bits per heavy atom. The standard InChI is InChI=1S/C22H22ClN3O2/c23-17-7-5-16(6-8-17)21-15-19(18-3-1-2-4-20(18)25-21)22(27)24-9-10-26-11-13-28-14-12-26/h1-8,15H,9-14H2,(H,24,27). The van der Waals surface area contributed by atoms with Gasteiger partial charge < -0.3 is 10.1 Å². The summed E-state index contributed by atoms with van der Waals surface area (Å²) in [6.45, 7) is 4.76. The van der Waals surface area contributed by atoms with Crippen molar-refractivity contribution in [3.8, 4) is 11.3 Å². The normalized spacial score (nSPS) is 14.9. The van der Waals surface area contributed by atoms with Gasteiger partial charge in [-0.25, -0.2) is 4.98 Å². The molecule has 1 aliphatic rings. The second-order valence-electron chi connectivity index (χ2n) is 6.79. The minimum atomic E-state index is -0.0814. The van der Waals surface area contributed by atoms with Gasteiger partial charge in [0.25, 0.3) is 5.91 Å². The molecule has 0 bridgehead atoms. The van der Waals surface area contributed by atoms with Gasteiger partial charge >= 0.3 is 0 Å². The molecule has 0 aliphatic carbocycles. The molecule has 1 N–H and O–H groups in total. The number of aromatic nitrogens is 1. The van der Waals surface area contributed by atoms with Gasteiger partial charge in [-0.15, -0.1) is 0 Å². The molecule has 1 saturated heterocycles. The zero-order chi connectivity index (χ0) is 19.3. The average molecular weight is 396 g/mol. The molecule has 1 aromatic heterocycles. The van der Waals surface area contributed by atoms with Gasteiger partial charge in [-0.3, -0.25) is 9.69 Å². The van der Waals surface area contributed by atoms with E-state index < -0.39 is 0 Å². The van der Waals surface area contributed by atoms with Crippen LogP contribution in [0.15, 0.2) is 54.6 Å². The molecule has 144 valence electrons. The number of fused-ring (bicyclic) bond motifs is 1. The zero-order valence-corrected chi connectivity index (χ0v) is 16.3. The molecule has 1 aliphatic heterocycles. The molecule has 0 atom stereocenters. The number of amides is 1. The van der Waals surface area contributed by atoms with Crippen molar-refractivity contribution in [2.45, 2.75) is 0 Å². The molecule has 0 spiro atoms. The lowest BCUT2D eigenvalue weighted by Gasteiger charge is -2.26. The van der Waals surface area contributed by atoms with E-state index in [0.717, 1.165) is 55.0 Å². The Labute approximate surface area is 169 Å². The van der Waals surface area contributed by atoms with Crippen LogP contribution in [-0.4, -0.2) is 55.2 Å². The molecule has 0 saturated carbocycles. The number of ether oxygens (including phenoxy) is 1. The number of nitrogens with zero attached hydrogens (tertiary/aromatic N) is 2. The predicted molar refractivity (Wildman–Crippen MR) is 112 cm³/mol.